The van der Waals surface area contributed by atoms with Crippen molar-refractivity contribution in [3.8, 4) is 17.3 Å². The van der Waals surface area contributed by atoms with Crippen LogP contribution < -0.4 is 16.1 Å². The summed E-state index contributed by atoms with van der Waals surface area (Å²) in [6.45, 7) is 0.0350. The van der Waals surface area contributed by atoms with Gasteiger partial charge >= 0.3 is 11.4 Å². The van der Waals surface area contributed by atoms with Crippen LogP contribution in [0.25, 0.3) is 11.4 Å². The molecule has 0 fully saturated rings. The molecule has 3 rings (SSSR count). The minimum Gasteiger partial charge on any atom is -0.481 e. The van der Waals surface area contributed by atoms with E-state index >= 15 is 0 Å². The number of H-pyrrole nitrogens is 1. The molecule has 0 aliphatic carbocycles. The quantitative estimate of drug-likeness (QED) is 0.778. The van der Waals surface area contributed by atoms with Gasteiger partial charge in [-0.25, -0.2) is 19.1 Å². The van der Waals surface area contributed by atoms with Crippen molar-refractivity contribution >= 4 is 0 Å². The number of aromatic nitrogens is 4. The van der Waals surface area contributed by atoms with Crippen LogP contribution in [0.3, 0.4) is 0 Å². The maximum Gasteiger partial charge on any atom is 0.353 e. The van der Waals surface area contributed by atoms with E-state index in [2.05, 4.69) is 15.0 Å². The fourth-order valence-electron chi connectivity index (χ4n) is 2.21. The van der Waals surface area contributed by atoms with Crippen molar-refractivity contribution in [2.75, 3.05) is 7.11 Å². The molecule has 0 aliphatic rings. The Balaban J connectivity index is 2.02. The Hall–Kier alpha value is -3.22. The van der Waals surface area contributed by atoms with Crippen molar-refractivity contribution in [2.45, 2.75) is 6.54 Å². The van der Waals surface area contributed by atoms with Crippen LogP contribution in [0.15, 0.2) is 58.3 Å². The summed E-state index contributed by atoms with van der Waals surface area (Å²) in [5.41, 5.74) is 0.137. The molecule has 0 bridgehead atoms. The Morgan fingerprint density at radius 3 is 2.61 bits per heavy atom. The number of rotatable bonds is 4. The summed E-state index contributed by atoms with van der Waals surface area (Å²) < 4.78 is 6.14. The van der Waals surface area contributed by atoms with Gasteiger partial charge in [0.1, 0.15) is 5.82 Å². The SMILES string of the molecule is COc1ncccc1Cn1c(=O)nc(-c2ccccc2)[nH]c1=O. The van der Waals surface area contributed by atoms with Crippen LogP contribution in [-0.4, -0.2) is 26.6 Å². The van der Waals surface area contributed by atoms with Crippen LogP contribution >= 0.6 is 0 Å². The first kappa shape index (κ1) is 14.7. The summed E-state index contributed by atoms with van der Waals surface area (Å²) in [7, 11) is 1.48. The molecule has 0 unspecified atom stereocenters. The predicted molar refractivity (Wildman–Crippen MR) is 84.4 cm³/mol. The van der Waals surface area contributed by atoms with Gasteiger partial charge in [0, 0.05) is 17.3 Å². The summed E-state index contributed by atoms with van der Waals surface area (Å²) in [6, 6.07) is 12.4. The Morgan fingerprint density at radius 2 is 1.91 bits per heavy atom. The van der Waals surface area contributed by atoms with E-state index < -0.39 is 11.4 Å². The highest BCUT2D eigenvalue weighted by atomic mass is 16.5. The fourth-order valence-corrected chi connectivity index (χ4v) is 2.21. The zero-order chi connectivity index (χ0) is 16.2. The summed E-state index contributed by atoms with van der Waals surface area (Å²) in [6.07, 6.45) is 1.58. The first-order valence-electron chi connectivity index (χ1n) is 6.93. The van der Waals surface area contributed by atoms with E-state index in [9.17, 15) is 9.59 Å². The summed E-state index contributed by atoms with van der Waals surface area (Å²) >= 11 is 0. The molecule has 7 heteroatoms. The minimum absolute atomic E-state index is 0.0350. The van der Waals surface area contributed by atoms with Crippen LogP contribution in [0.4, 0.5) is 0 Å². The highest BCUT2D eigenvalue weighted by molar-refractivity contribution is 5.53. The van der Waals surface area contributed by atoms with E-state index in [1.165, 1.54) is 7.11 Å². The van der Waals surface area contributed by atoms with Crippen molar-refractivity contribution < 1.29 is 4.74 Å². The molecule has 7 nitrogen and oxygen atoms in total. The number of benzene rings is 1. The van der Waals surface area contributed by atoms with Crippen molar-refractivity contribution in [2.24, 2.45) is 0 Å². The maximum absolute atomic E-state index is 12.2. The molecule has 0 saturated carbocycles. The molecule has 2 aromatic heterocycles. The van der Waals surface area contributed by atoms with Crippen molar-refractivity contribution in [3.05, 3.63) is 75.2 Å². The molecule has 2 heterocycles. The van der Waals surface area contributed by atoms with Crippen LogP contribution in [0.2, 0.25) is 0 Å². The van der Waals surface area contributed by atoms with Gasteiger partial charge in [0.15, 0.2) is 0 Å². The van der Waals surface area contributed by atoms with Crippen molar-refractivity contribution in [1.82, 2.24) is 19.5 Å². The first-order valence-corrected chi connectivity index (χ1v) is 6.93. The summed E-state index contributed by atoms with van der Waals surface area (Å²) in [5, 5.41) is 0. The molecule has 0 amide bonds. The molecular weight excluding hydrogens is 296 g/mol. The Bertz CT molecular complexity index is 901. The number of nitrogens with one attached hydrogen (secondary N) is 1. The van der Waals surface area contributed by atoms with Crippen molar-refractivity contribution in [1.29, 1.82) is 0 Å². The lowest BCUT2D eigenvalue weighted by Crippen LogP contribution is -2.37. The normalized spacial score (nSPS) is 10.5. The van der Waals surface area contributed by atoms with Gasteiger partial charge in [-0.05, 0) is 6.07 Å². The number of pyridine rings is 1. The number of nitrogens with zero attached hydrogens (tertiary/aromatic N) is 3. The van der Waals surface area contributed by atoms with Gasteiger partial charge in [-0.15, -0.1) is 0 Å². The van der Waals surface area contributed by atoms with E-state index in [4.69, 9.17) is 4.74 Å². The Labute approximate surface area is 131 Å². The molecule has 116 valence electrons. The number of aromatic amines is 1. The van der Waals surface area contributed by atoms with Gasteiger partial charge in [0.2, 0.25) is 5.88 Å². The van der Waals surface area contributed by atoms with Gasteiger partial charge in [0.05, 0.1) is 13.7 Å². The molecule has 1 N–H and O–H groups in total. The maximum atomic E-state index is 12.2. The third kappa shape index (κ3) is 3.03. The average Bonchev–Trinajstić information content (AvgIpc) is 2.59. The second kappa shape index (κ2) is 6.27. The van der Waals surface area contributed by atoms with Gasteiger partial charge in [-0.2, -0.15) is 4.98 Å². The lowest BCUT2D eigenvalue weighted by Gasteiger charge is -2.08. The third-order valence-electron chi connectivity index (χ3n) is 3.33. The molecule has 0 radical (unpaired) electrons. The second-order valence-electron chi connectivity index (χ2n) is 4.80. The van der Waals surface area contributed by atoms with E-state index in [1.54, 1.807) is 42.6 Å². The topological polar surface area (TPSA) is 89.9 Å². The van der Waals surface area contributed by atoms with E-state index in [1.807, 2.05) is 6.07 Å². The Morgan fingerprint density at radius 1 is 1.13 bits per heavy atom. The zero-order valence-electron chi connectivity index (χ0n) is 12.4. The highest BCUT2D eigenvalue weighted by Crippen LogP contribution is 2.14. The van der Waals surface area contributed by atoms with Gasteiger partial charge < -0.3 is 4.74 Å². The number of hydrogen-bond donors (Lipinski definition) is 1. The smallest absolute Gasteiger partial charge is 0.353 e. The van der Waals surface area contributed by atoms with Gasteiger partial charge in [0.25, 0.3) is 0 Å². The van der Waals surface area contributed by atoms with Crippen LogP contribution in [0.1, 0.15) is 5.56 Å². The van der Waals surface area contributed by atoms with E-state index in [0.29, 0.717) is 17.0 Å². The van der Waals surface area contributed by atoms with E-state index in [0.717, 1.165) is 4.57 Å². The second-order valence-corrected chi connectivity index (χ2v) is 4.80. The number of methoxy groups -OCH3 is 1. The van der Waals surface area contributed by atoms with E-state index in [-0.39, 0.29) is 12.4 Å². The Kier molecular flexibility index (Phi) is 4.01. The standard InChI is InChI=1S/C16H14N4O3/c1-23-14-12(8-5-9-17-14)10-20-15(21)18-13(19-16(20)22)11-6-3-2-4-7-11/h2-9H,10H2,1H3,(H,18,19,21,22). The monoisotopic (exact) mass is 310 g/mol. The van der Waals surface area contributed by atoms with Crippen LogP contribution in [0, 0.1) is 0 Å². The molecule has 23 heavy (non-hydrogen) atoms. The molecule has 3 aromatic rings. The summed E-state index contributed by atoms with van der Waals surface area (Å²) in [5.74, 6) is 0.612. The molecular formula is C16H14N4O3. The van der Waals surface area contributed by atoms with Crippen LogP contribution in [0.5, 0.6) is 5.88 Å². The third-order valence-corrected chi connectivity index (χ3v) is 3.33. The summed E-state index contributed by atoms with van der Waals surface area (Å²) in [4.78, 5) is 35.1. The average molecular weight is 310 g/mol. The van der Waals surface area contributed by atoms with Gasteiger partial charge in [-0.1, -0.05) is 36.4 Å². The molecule has 0 atom stereocenters. The van der Waals surface area contributed by atoms with Crippen LogP contribution in [-0.2, 0) is 6.54 Å². The molecule has 0 aliphatic heterocycles. The lowest BCUT2D eigenvalue weighted by atomic mass is 10.2. The first-order chi connectivity index (χ1) is 11.2. The minimum atomic E-state index is -0.626. The largest absolute Gasteiger partial charge is 0.481 e. The predicted octanol–water partition coefficient (Wildman–Crippen LogP) is 1.05. The molecule has 1 aromatic carbocycles. The van der Waals surface area contributed by atoms with Crippen molar-refractivity contribution in [3.63, 3.8) is 0 Å². The molecule has 0 spiro atoms. The zero-order valence-corrected chi connectivity index (χ0v) is 12.4. The lowest BCUT2D eigenvalue weighted by molar-refractivity contribution is 0.390. The highest BCUT2D eigenvalue weighted by Gasteiger charge is 2.11. The van der Waals surface area contributed by atoms with Gasteiger partial charge in [-0.3, -0.25) is 4.98 Å². The fraction of sp³-hybridized carbons (Fsp3) is 0.125. The number of hydrogen-bond acceptors (Lipinski definition) is 5. The number of ether oxygens (including phenoxy) is 1. The molecule has 0 saturated heterocycles.